The highest BCUT2D eigenvalue weighted by Crippen LogP contribution is 2.35. The average Bonchev–Trinajstić information content (AvgIpc) is 3.20. The zero-order valence-electron chi connectivity index (χ0n) is 20.6. The van der Waals surface area contributed by atoms with E-state index >= 15 is 0 Å². The molecule has 1 saturated heterocycles. The molecule has 36 heavy (non-hydrogen) atoms. The third kappa shape index (κ3) is 6.03. The fraction of sp³-hybridized carbons (Fsp3) is 0.435. The lowest BCUT2D eigenvalue weighted by Crippen LogP contribution is -2.40. The summed E-state index contributed by atoms with van der Waals surface area (Å²) in [6.45, 7) is 7.83. The molecule has 0 saturated carbocycles. The molecule has 196 valence electrons. The molecule has 1 aliphatic rings. The first-order valence-corrected chi connectivity index (χ1v) is 14.1. The van der Waals surface area contributed by atoms with E-state index in [-0.39, 0.29) is 21.5 Å². The topological polar surface area (TPSA) is 117 Å². The Hall–Kier alpha value is -2.58. The van der Waals surface area contributed by atoms with Crippen molar-refractivity contribution in [2.24, 2.45) is 0 Å². The molecule has 1 aliphatic heterocycles. The van der Waals surface area contributed by atoms with E-state index in [1.807, 2.05) is 13.8 Å². The van der Waals surface area contributed by atoms with Crippen LogP contribution in [0, 0.1) is 6.92 Å². The number of benzene rings is 1. The van der Waals surface area contributed by atoms with E-state index in [2.05, 4.69) is 10.6 Å². The number of thiophene rings is 1. The summed E-state index contributed by atoms with van der Waals surface area (Å²) in [6, 6.07) is 6.32. The summed E-state index contributed by atoms with van der Waals surface area (Å²) < 4.78 is 37.5. The Bertz CT molecular complexity index is 1230. The average molecular weight is 555 g/mol. The molecule has 2 heterocycles. The maximum absolute atomic E-state index is 13.0. The quantitative estimate of drug-likeness (QED) is 0.375. The van der Waals surface area contributed by atoms with Gasteiger partial charge >= 0.3 is 5.97 Å². The van der Waals surface area contributed by atoms with Crippen LogP contribution in [-0.4, -0.2) is 81.1 Å². The minimum absolute atomic E-state index is 0.129. The third-order valence-electron chi connectivity index (χ3n) is 5.71. The number of sulfonamides is 1. The molecule has 3 rings (SSSR count). The first kappa shape index (κ1) is 28.0. The molecule has 0 atom stereocenters. The first-order chi connectivity index (χ1) is 17.1. The van der Waals surface area contributed by atoms with Gasteiger partial charge in [-0.3, -0.25) is 4.79 Å². The van der Waals surface area contributed by atoms with Crippen molar-refractivity contribution in [3.63, 3.8) is 0 Å². The maximum atomic E-state index is 13.0. The van der Waals surface area contributed by atoms with Gasteiger partial charge in [-0.1, -0.05) is 6.07 Å². The third-order valence-corrected chi connectivity index (χ3v) is 9.00. The number of rotatable bonds is 8. The number of ether oxygens (including phenoxy) is 2. The standard InChI is InChI=1S/C23H30N4O6S3/c1-5-26(6-2)21(28)19-15(3)18(22(29)32-4)20(35-19)25-23(34)24-16-8-7-9-17(14-16)36(30,31)27-10-12-33-13-11-27/h7-9,14H,5-6,10-13H2,1-4H3,(H2,24,25,34). The van der Waals surface area contributed by atoms with Gasteiger partial charge in [0.25, 0.3) is 5.91 Å². The predicted molar refractivity (Wildman–Crippen MR) is 144 cm³/mol. The largest absolute Gasteiger partial charge is 0.465 e. The van der Waals surface area contributed by atoms with E-state index in [0.717, 1.165) is 11.3 Å². The maximum Gasteiger partial charge on any atom is 0.341 e. The molecule has 0 bridgehead atoms. The van der Waals surface area contributed by atoms with Crippen LogP contribution in [-0.2, 0) is 19.5 Å². The van der Waals surface area contributed by atoms with Gasteiger partial charge < -0.3 is 25.0 Å². The van der Waals surface area contributed by atoms with Crippen LogP contribution in [0.2, 0.25) is 0 Å². The fourth-order valence-corrected chi connectivity index (χ4v) is 6.65. The number of carbonyl (C=O) groups excluding carboxylic acids is 2. The van der Waals surface area contributed by atoms with Crippen molar-refractivity contribution in [3.05, 3.63) is 40.3 Å². The molecule has 0 spiro atoms. The summed E-state index contributed by atoms with van der Waals surface area (Å²) in [5.74, 6) is -0.771. The summed E-state index contributed by atoms with van der Waals surface area (Å²) >= 11 is 6.56. The number of thiocarbonyl (C=S) groups is 1. The molecule has 0 unspecified atom stereocenters. The number of hydrogen-bond donors (Lipinski definition) is 2. The molecule has 13 heteroatoms. The Balaban J connectivity index is 1.83. The van der Waals surface area contributed by atoms with Gasteiger partial charge in [0.05, 0.1) is 35.7 Å². The number of morpholine rings is 1. The predicted octanol–water partition coefficient (Wildman–Crippen LogP) is 3.15. The Kier molecular flexibility index (Phi) is 9.41. The van der Waals surface area contributed by atoms with Gasteiger partial charge in [0.2, 0.25) is 10.0 Å². The van der Waals surface area contributed by atoms with E-state index in [1.165, 1.54) is 23.5 Å². The molecule has 0 radical (unpaired) electrons. The summed E-state index contributed by atoms with van der Waals surface area (Å²) in [7, 11) is -2.41. The summed E-state index contributed by atoms with van der Waals surface area (Å²) in [4.78, 5) is 27.7. The molecular formula is C23H30N4O6S3. The Morgan fingerprint density at radius 3 is 2.47 bits per heavy atom. The normalized spacial score (nSPS) is 14.2. The molecule has 1 aromatic heterocycles. The highest BCUT2D eigenvalue weighted by atomic mass is 32.2. The zero-order chi connectivity index (χ0) is 26.5. The summed E-state index contributed by atoms with van der Waals surface area (Å²) in [5.41, 5.74) is 1.19. The summed E-state index contributed by atoms with van der Waals surface area (Å²) in [6.07, 6.45) is 0. The number of hydrogen-bond acceptors (Lipinski definition) is 8. The van der Waals surface area contributed by atoms with Crippen molar-refractivity contribution in [3.8, 4) is 0 Å². The summed E-state index contributed by atoms with van der Waals surface area (Å²) in [5, 5.41) is 6.44. The molecule has 2 aromatic rings. The van der Waals surface area contributed by atoms with Gasteiger partial charge in [-0.05, 0) is 56.8 Å². The molecular weight excluding hydrogens is 524 g/mol. The lowest BCUT2D eigenvalue weighted by Gasteiger charge is -2.26. The van der Waals surface area contributed by atoms with Gasteiger partial charge in [0, 0.05) is 31.9 Å². The number of amides is 1. The molecule has 0 aliphatic carbocycles. The Morgan fingerprint density at radius 1 is 1.19 bits per heavy atom. The molecule has 1 fully saturated rings. The van der Waals surface area contributed by atoms with Gasteiger partial charge in [-0.2, -0.15) is 4.31 Å². The van der Waals surface area contributed by atoms with E-state index in [1.54, 1.807) is 24.0 Å². The van der Waals surface area contributed by atoms with E-state index < -0.39 is 16.0 Å². The van der Waals surface area contributed by atoms with Gasteiger partial charge in [-0.25, -0.2) is 13.2 Å². The number of esters is 1. The van der Waals surface area contributed by atoms with Crippen LogP contribution >= 0.6 is 23.6 Å². The van der Waals surface area contributed by atoms with Crippen LogP contribution in [0.4, 0.5) is 10.7 Å². The van der Waals surface area contributed by atoms with Crippen LogP contribution in [0.15, 0.2) is 29.2 Å². The van der Waals surface area contributed by atoms with Crippen molar-refractivity contribution >= 4 is 61.3 Å². The van der Waals surface area contributed by atoms with Crippen molar-refractivity contribution in [1.29, 1.82) is 0 Å². The van der Waals surface area contributed by atoms with Crippen LogP contribution in [0.25, 0.3) is 0 Å². The fourth-order valence-electron chi connectivity index (χ4n) is 3.74. The van der Waals surface area contributed by atoms with Gasteiger partial charge in [0.1, 0.15) is 5.00 Å². The van der Waals surface area contributed by atoms with Crippen molar-refractivity contribution < 1.29 is 27.5 Å². The van der Waals surface area contributed by atoms with Crippen LogP contribution in [0.5, 0.6) is 0 Å². The second kappa shape index (κ2) is 12.1. The van der Waals surface area contributed by atoms with E-state index in [0.29, 0.717) is 60.5 Å². The number of anilines is 2. The van der Waals surface area contributed by atoms with Gasteiger partial charge in [-0.15, -0.1) is 11.3 Å². The number of methoxy groups -OCH3 is 1. The van der Waals surface area contributed by atoms with Gasteiger partial charge in [0.15, 0.2) is 5.11 Å². The van der Waals surface area contributed by atoms with Crippen LogP contribution in [0.3, 0.4) is 0 Å². The van der Waals surface area contributed by atoms with Crippen molar-refractivity contribution in [1.82, 2.24) is 9.21 Å². The first-order valence-electron chi connectivity index (χ1n) is 11.4. The lowest BCUT2D eigenvalue weighted by molar-refractivity contribution is 0.0601. The molecule has 1 amide bonds. The van der Waals surface area contributed by atoms with E-state index in [4.69, 9.17) is 21.7 Å². The van der Waals surface area contributed by atoms with E-state index in [9.17, 15) is 18.0 Å². The highest BCUT2D eigenvalue weighted by molar-refractivity contribution is 7.89. The molecule has 2 N–H and O–H groups in total. The smallest absolute Gasteiger partial charge is 0.341 e. The number of nitrogens with one attached hydrogen (secondary N) is 2. The minimum Gasteiger partial charge on any atom is -0.465 e. The molecule has 1 aromatic carbocycles. The second-order valence-electron chi connectivity index (χ2n) is 7.85. The highest BCUT2D eigenvalue weighted by Gasteiger charge is 2.28. The van der Waals surface area contributed by atoms with Crippen LogP contribution in [0.1, 0.15) is 39.4 Å². The van der Waals surface area contributed by atoms with Crippen molar-refractivity contribution in [2.45, 2.75) is 25.7 Å². The minimum atomic E-state index is -3.68. The second-order valence-corrected chi connectivity index (χ2v) is 11.2. The Morgan fingerprint density at radius 2 is 1.86 bits per heavy atom. The lowest BCUT2D eigenvalue weighted by atomic mass is 10.1. The Labute approximate surface area is 220 Å². The zero-order valence-corrected chi connectivity index (χ0v) is 23.1. The van der Waals surface area contributed by atoms with Crippen molar-refractivity contribution in [2.75, 3.05) is 57.1 Å². The number of nitrogens with zero attached hydrogens (tertiary/aromatic N) is 2. The number of carbonyl (C=O) groups is 2. The van der Waals surface area contributed by atoms with Crippen LogP contribution < -0.4 is 10.6 Å². The molecule has 10 nitrogen and oxygen atoms in total. The SMILES string of the molecule is CCN(CC)C(=O)c1sc(NC(=S)Nc2cccc(S(=O)(=O)N3CCOCC3)c2)c(C(=O)OC)c1C. The monoisotopic (exact) mass is 554 g/mol.